The molecule has 0 spiro atoms. The Morgan fingerprint density at radius 3 is 2.34 bits per heavy atom. The predicted octanol–water partition coefficient (Wildman–Crippen LogP) is 2.59. The summed E-state index contributed by atoms with van der Waals surface area (Å²) in [6, 6.07) is 14.8. The topological polar surface area (TPSA) is 129 Å². The molecule has 35 heavy (non-hydrogen) atoms. The van der Waals surface area contributed by atoms with Crippen molar-refractivity contribution in [3.63, 3.8) is 0 Å². The lowest BCUT2D eigenvalue weighted by Crippen LogP contribution is -2.38. The lowest BCUT2D eigenvalue weighted by Gasteiger charge is -2.37. The molecule has 2 aromatic rings. The van der Waals surface area contributed by atoms with Gasteiger partial charge in [0.1, 0.15) is 0 Å². The number of amides is 1. The molecule has 4 rings (SSSR count). The van der Waals surface area contributed by atoms with Crippen LogP contribution in [0.2, 0.25) is 0 Å². The van der Waals surface area contributed by atoms with Crippen LogP contribution in [0.4, 0.5) is 5.69 Å². The Labute approximate surface area is 204 Å². The molecule has 2 fully saturated rings. The van der Waals surface area contributed by atoms with Crippen molar-refractivity contribution in [2.45, 2.75) is 56.9 Å². The van der Waals surface area contributed by atoms with Crippen molar-refractivity contribution in [1.82, 2.24) is 4.90 Å². The van der Waals surface area contributed by atoms with Gasteiger partial charge < -0.3 is 30.1 Å². The molecule has 2 heterocycles. The van der Waals surface area contributed by atoms with E-state index in [9.17, 15) is 19.8 Å². The second kappa shape index (κ2) is 11.7. The number of carboxylic acids is 1. The fourth-order valence-electron chi connectivity index (χ4n) is 4.47. The first-order valence-corrected chi connectivity index (χ1v) is 11.9. The van der Waals surface area contributed by atoms with Crippen molar-refractivity contribution in [3.8, 4) is 0 Å². The fraction of sp³-hybridized carbons (Fsp3) is 0.462. The minimum atomic E-state index is -1.01. The molecule has 4 N–H and O–H groups in total. The van der Waals surface area contributed by atoms with Crippen LogP contribution in [0.5, 0.6) is 0 Å². The van der Waals surface area contributed by atoms with Gasteiger partial charge in [0.05, 0.1) is 31.3 Å². The van der Waals surface area contributed by atoms with E-state index in [1.807, 2.05) is 36.4 Å². The number of nitrogens with zero attached hydrogens (tertiary/aromatic N) is 1. The number of anilines is 1. The molecule has 2 saturated heterocycles. The van der Waals surface area contributed by atoms with Crippen molar-refractivity contribution < 1.29 is 34.4 Å². The maximum absolute atomic E-state index is 11.9. The van der Waals surface area contributed by atoms with Crippen LogP contribution in [0.15, 0.2) is 48.5 Å². The number of carbonyl (C=O) groups excluding carboxylic acids is 1. The zero-order valence-electron chi connectivity index (χ0n) is 19.5. The second-order valence-electron chi connectivity index (χ2n) is 9.12. The molecule has 4 atom stereocenters. The number of ether oxygens (including phenoxy) is 2. The van der Waals surface area contributed by atoms with E-state index in [2.05, 4.69) is 10.2 Å². The number of aliphatic hydroxyl groups is 2. The van der Waals surface area contributed by atoms with E-state index in [4.69, 9.17) is 14.6 Å². The average Bonchev–Trinajstić information content (AvgIpc) is 3.27. The molecule has 9 heteroatoms. The van der Waals surface area contributed by atoms with Gasteiger partial charge in [-0.25, -0.2) is 0 Å². The van der Waals surface area contributed by atoms with Crippen LogP contribution in [0.1, 0.15) is 54.8 Å². The van der Waals surface area contributed by atoms with Gasteiger partial charge in [0.2, 0.25) is 5.91 Å². The lowest BCUT2D eigenvalue weighted by atomic mass is 9.99. The number of hydrogen-bond acceptors (Lipinski definition) is 7. The molecule has 0 unspecified atom stereocenters. The van der Waals surface area contributed by atoms with E-state index < -0.39 is 12.3 Å². The van der Waals surface area contributed by atoms with Gasteiger partial charge in [0, 0.05) is 43.7 Å². The van der Waals surface area contributed by atoms with Crippen LogP contribution < -0.4 is 5.32 Å². The molecule has 188 valence electrons. The normalized spacial score (nSPS) is 24.9. The van der Waals surface area contributed by atoms with Crippen LogP contribution in [0.3, 0.4) is 0 Å². The summed E-state index contributed by atoms with van der Waals surface area (Å²) in [5.41, 5.74) is 3.21. The summed E-state index contributed by atoms with van der Waals surface area (Å²) in [5.74, 6) is -1.37. The Kier molecular flexibility index (Phi) is 8.48. The first kappa shape index (κ1) is 25.3. The van der Waals surface area contributed by atoms with Crippen LogP contribution >= 0.6 is 0 Å². The van der Waals surface area contributed by atoms with Crippen LogP contribution in [-0.4, -0.2) is 63.9 Å². The molecule has 9 nitrogen and oxygen atoms in total. The SMILES string of the molecule is O=C(O)CCC(=O)Nc1ccc([C@H]2O[C@@H](CN3CC[C@H](O)C3)C[C@@H](c3ccc(CO)cc3)O2)cc1. The summed E-state index contributed by atoms with van der Waals surface area (Å²) in [6.45, 7) is 2.15. The number of carboxylic acid groups (broad SMARTS) is 1. The summed E-state index contributed by atoms with van der Waals surface area (Å²) in [6.07, 6.45) is -0.0885. The summed E-state index contributed by atoms with van der Waals surface area (Å²) in [5, 5.41) is 30.7. The average molecular weight is 485 g/mol. The summed E-state index contributed by atoms with van der Waals surface area (Å²) < 4.78 is 12.6. The van der Waals surface area contributed by atoms with Crippen molar-refractivity contribution in [2.75, 3.05) is 25.0 Å². The Balaban J connectivity index is 1.46. The van der Waals surface area contributed by atoms with Gasteiger partial charge in [0.25, 0.3) is 0 Å². The zero-order chi connectivity index (χ0) is 24.8. The molecule has 0 bridgehead atoms. The Morgan fingerprint density at radius 2 is 1.71 bits per heavy atom. The zero-order valence-corrected chi connectivity index (χ0v) is 19.5. The number of benzene rings is 2. The Bertz CT molecular complexity index is 996. The van der Waals surface area contributed by atoms with Crippen LogP contribution in [0.25, 0.3) is 0 Å². The van der Waals surface area contributed by atoms with Gasteiger partial charge in [-0.05, 0) is 29.7 Å². The molecule has 2 aromatic carbocycles. The number of aliphatic hydroxyl groups excluding tert-OH is 2. The highest BCUT2D eigenvalue weighted by Gasteiger charge is 2.34. The molecule has 2 aliphatic rings. The number of carbonyl (C=O) groups is 2. The maximum Gasteiger partial charge on any atom is 0.303 e. The molecule has 0 saturated carbocycles. The van der Waals surface area contributed by atoms with Crippen molar-refractivity contribution >= 4 is 17.6 Å². The smallest absolute Gasteiger partial charge is 0.303 e. The van der Waals surface area contributed by atoms with E-state index >= 15 is 0 Å². The van der Waals surface area contributed by atoms with Gasteiger partial charge in [0.15, 0.2) is 6.29 Å². The number of likely N-dealkylation sites (tertiary alicyclic amines) is 1. The molecular weight excluding hydrogens is 452 g/mol. The highest BCUT2D eigenvalue weighted by Crippen LogP contribution is 2.38. The minimum absolute atomic E-state index is 0.0172. The van der Waals surface area contributed by atoms with E-state index in [0.29, 0.717) is 25.2 Å². The van der Waals surface area contributed by atoms with Crippen molar-refractivity contribution in [1.29, 1.82) is 0 Å². The van der Waals surface area contributed by atoms with Crippen LogP contribution in [0, 0.1) is 0 Å². The largest absolute Gasteiger partial charge is 0.481 e. The first-order valence-electron chi connectivity index (χ1n) is 11.9. The summed E-state index contributed by atoms with van der Waals surface area (Å²) in [4.78, 5) is 24.8. The molecule has 0 radical (unpaired) electrons. The molecular formula is C26H32N2O7. The third-order valence-electron chi connectivity index (χ3n) is 6.36. The lowest BCUT2D eigenvalue weighted by molar-refractivity contribution is -0.252. The summed E-state index contributed by atoms with van der Waals surface area (Å²) >= 11 is 0. The van der Waals surface area contributed by atoms with Crippen LogP contribution in [-0.2, 0) is 25.7 Å². The first-order chi connectivity index (χ1) is 16.9. The molecule has 2 aliphatic heterocycles. The molecule has 0 aliphatic carbocycles. The van der Waals surface area contributed by atoms with E-state index in [0.717, 1.165) is 29.7 Å². The minimum Gasteiger partial charge on any atom is -0.481 e. The maximum atomic E-state index is 11.9. The van der Waals surface area contributed by atoms with E-state index in [1.54, 1.807) is 12.1 Å². The Hall–Kier alpha value is -2.82. The number of rotatable bonds is 9. The second-order valence-corrected chi connectivity index (χ2v) is 9.12. The number of nitrogens with one attached hydrogen (secondary N) is 1. The molecule has 1 amide bonds. The fourth-order valence-corrected chi connectivity index (χ4v) is 4.47. The monoisotopic (exact) mass is 484 g/mol. The summed E-state index contributed by atoms with van der Waals surface area (Å²) in [7, 11) is 0. The highest BCUT2D eigenvalue weighted by atomic mass is 16.7. The molecule has 0 aromatic heterocycles. The van der Waals surface area contributed by atoms with Gasteiger partial charge in [-0.1, -0.05) is 36.4 Å². The van der Waals surface area contributed by atoms with E-state index in [-0.39, 0.29) is 43.7 Å². The number of hydrogen-bond donors (Lipinski definition) is 4. The Morgan fingerprint density at radius 1 is 1.00 bits per heavy atom. The number of aliphatic carboxylic acids is 1. The third kappa shape index (κ3) is 7.09. The van der Waals surface area contributed by atoms with Crippen molar-refractivity contribution in [3.05, 3.63) is 65.2 Å². The number of β-amino-alcohol motifs (C(OH)–C–C–N with tert-alkyl or cyclic N) is 1. The van der Waals surface area contributed by atoms with Gasteiger partial charge in [-0.2, -0.15) is 0 Å². The van der Waals surface area contributed by atoms with Gasteiger partial charge in [-0.3, -0.25) is 14.5 Å². The van der Waals surface area contributed by atoms with Gasteiger partial charge in [-0.15, -0.1) is 0 Å². The third-order valence-corrected chi connectivity index (χ3v) is 6.36. The van der Waals surface area contributed by atoms with E-state index in [1.165, 1.54) is 0 Å². The van der Waals surface area contributed by atoms with Gasteiger partial charge >= 0.3 is 5.97 Å². The standard InChI is InChI=1S/C26H32N2O7/c29-16-17-1-3-18(4-2-17)23-13-22(15-28-12-11-21(30)14-28)34-26(35-23)19-5-7-20(8-6-19)27-24(31)9-10-25(32)33/h1-8,21-23,26,29-30H,9-16H2,(H,27,31)(H,32,33)/t21-,22+,23-,26-/m0/s1. The highest BCUT2D eigenvalue weighted by molar-refractivity contribution is 5.92. The quantitative estimate of drug-likeness (QED) is 0.428. The van der Waals surface area contributed by atoms with Crippen molar-refractivity contribution in [2.24, 2.45) is 0 Å². The predicted molar refractivity (Wildman–Crippen MR) is 127 cm³/mol.